The van der Waals surface area contributed by atoms with Crippen LogP contribution in [0.15, 0.2) is 83.9 Å². The number of likely N-dealkylation sites (tertiary alicyclic amines) is 2. The first-order valence-corrected chi connectivity index (χ1v) is 24.9. The van der Waals surface area contributed by atoms with Crippen molar-refractivity contribution in [2.24, 2.45) is 13.0 Å². The Bertz CT molecular complexity index is 2910. The normalized spacial score (nSPS) is 21.2. The Labute approximate surface area is 396 Å². The second-order valence-electron chi connectivity index (χ2n) is 20.2. The third-order valence-electron chi connectivity index (χ3n) is 15.9. The number of amides is 3. The molecule has 1 aliphatic carbocycles. The summed E-state index contributed by atoms with van der Waals surface area (Å²) >= 11 is 0. The summed E-state index contributed by atoms with van der Waals surface area (Å²) in [7, 11) is 2.11. The summed E-state index contributed by atoms with van der Waals surface area (Å²) in [4.78, 5) is 70.8. The smallest absolute Gasteiger partial charge is 0.330 e. The number of rotatable bonds is 11. The molecule has 6 aromatic rings. The van der Waals surface area contributed by atoms with E-state index in [0.717, 1.165) is 143 Å². The zero-order valence-corrected chi connectivity index (χ0v) is 39.4. The molecule has 0 radical (unpaired) electrons. The summed E-state index contributed by atoms with van der Waals surface area (Å²) in [5.41, 5.74) is 15.0. The van der Waals surface area contributed by atoms with Gasteiger partial charge < -0.3 is 20.1 Å². The van der Waals surface area contributed by atoms with Gasteiger partial charge in [-0.25, -0.2) is 14.8 Å². The number of piperazine rings is 1. The molecule has 5 aliphatic rings. The molecule has 8 heterocycles. The van der Waals surface area contributed by atoms with Gasteiger partial charge in [0.05, 0.1) is 11.0 Å². The van der Waals surface area contributed by atoms with Gasteiger partial charge in [0.15, 0.2) is 0 Å². The monoisotopic (exact) mass is 918 g/mol. The number of hydrogen-bond acceptors (Lipinski definition) is 10. The van der Waals surface area contributed by atoms with E-state index in [0.29, 0.717) is 24.1 Å². The zero-order valence-electron chi connectivity index (χ0n) is 39.4. The zero-order chi connectivity index (χ0) is 46.6. The fourth-order valence-electron chi connectivity index (χ4n) is 11.7. The Balaban J connectivity index is 0.635. The van der Waals surface area contributed by atoms with Crippen LogP contribution in [0.2, 0.25) is 0 Å². The number of carbonyl (C=O) groups is 3. The molecule has 5 fully saturated rings. The van der Waals surface area contributed by atoms with Gasteiger partial charge in [0.1, 0.15) is 17.5 Å². The molecule has 354 valence electrons. The number of carbonyl (C=O) groups excluding carboxylic acids is 3. The highest BCUT2D eigenvalue weighted by atomic mass is 16.2. The van der Waals surface area contributed by atoms with Crippen LogP contribution in [0.5, 0.6) is 0 Å². The van der Waals surface area contributed by atoms with Gasteiger partial charge in [-0.15, -0.1) is 0 Å². The van der Waals surface area contributed by atoms with Gasteiger partial charge in [-0.1, -0.05) is 18.2 Å². The fourth-order valence-corrected chi connectivity index (χ4v) is 11.7. The molecule has 68 heavy (non-hydrogen) atoms. The SMILES string of the molecule is C[C@@H](c1cc2c(-c3ccc(N)nc3)ccnc2n1C)N1CCC(c2ccc(C(=O)N3CCC(CN4CCN(Cc5ccc6c(c5)n(C5CC5)c(=O)n6C5CCC(=O)NC5=O)CC4)CC3)cc2)CC1. The Morgan fingerprint density at radius 2 is 1.53 bits per heavy atom. The summed E-state index contributed by atoms with van der Waals surface area (Å²) in [6, 6.07) is 22.7. The van der Waals surface area contributed by atoms with Crippen molar-refractivity contribution in [1.29, 1.82) is 0 Å². The molecule has 2 atom stereocenters. The Morgan fingerprint density at radius 1 is 0.779 bits per heavy atom. The van der Waals surface area contributed by atoms with Crippen LogP contribution in [0.25, 0.3) is 33.2 Å². The van der Waals surface area contributed by atoms with Gasteiger partial charge >= 0.3 is 5.69 Å². The van der Waals surface area contributed by atoms with Crippen molar-refractivity contribution in [3.8, 4) is 11.1 Å². The minimum absolute atomic E-state index is 0.146. The fraction of sp³-hybridized carbons (Fsp3) is 0.472. The molecule has 4 saturated heterocycles. The molecule has 2 aromatic carbocycles. The summed E-state index contributed by atoms with van der Waals surface area (Å²) in [5, 5.41) is 3.55. The van der Waals surface area contributed by atoms with E-state index in [1.807, 2.05) is 35.2 Å². The van der Waals surface area contributed by atoms with E-state index in [-0.39, 0.29) is 36.0 Å². The van der Waals surface area contributed by atoms with Crippen LogP contribution in [0.3, 0.4) is 0 Å². The van der Waals surface area contributed by atoms with Crippen LogP contribution >= 0.6 is 0 Å². The number of imide groups is 1. The molecule has 3 amide bonds. The molecular formula is C53H63N11O4. The lowest BCUT2D eigenvalue weighted by Crippen LogP contribution is -2.48. The van der Waals surface area contributed by atoms with E-state index < -0.39 is 11.9 Å². The lowest BCUT2D eigenvalue weighted by atomic mass is 9.88. The van der Waals surface area contributed by atoms with Crippen LogP contribution in [0, 0.1) is 5.92 Å². The number of pyridine rings is 2. The maximum absolute atomic E-state index is 13.7. The number of nitrogens with zero attached hydrogens (tertiary/aromatic N) is 9. The molecule has 4 aromatic heterocycles. The highest BCUT2D eigenvalue weighted by molar-refractivity contribution is 6.00. The van der Waals surface area contributed by atoms with Gasteiger partial charge in [0, 0.05) is 113 Å². The van der Waals surface area contributed by atoms with E-state index in [4.69, 9.17) is 10.7 Å². The predicted octanol–water partition coefficient (Wildman–Crippen LogP) is 6.26. The average molecular weight is 918 g/mol. The third kappa shape index (κ3) is 8.64. The standard InChI is InChI=1S/C53H63N11O4/c1-34(46-30-43-42(15-20-55-50(43)58(46)2)40-8-13-48(54)56-31-40)61-23-18-38(19-24-61)37-4-6-39(7-5-37)52(67)62-21-16-35(17-22-62)32-59-25-27-60(28-26-59)33-36-3-11-44-47(29-36)63(41-9-10-41)53(68)64(44)45-12-14-49(65)57-51(45)66/h3-8,11,13,15,20,29-31,34-35,38,41,45H,9-10,12,14,16-19,21-28,32-33H2,1-2H3,(H2,54,56)(H,57,65,66)/t34-,45?/m0/s1. The van der Waals surface area contributed by atoms with E-state index in [1.165, 1.54) is 16.8 Å². The first kappa shape index (κ1) is 44.4. The van der Waals surface area contributed by atoms with Crippen LogP contribution < -0.4 is 16.7 Å². The van der Waals surface area contributed by atoms with Crippen LogP contribution in [0.4, 0.5) is 5.82 Å². The highest BCUT2D eigenvalue weighted by Gasteiger charge is 2.36. The van der Waals surface area contributed by atoms with Gasteiger partial charge in [0.2, 0.25) is 11.8 Å². The molecule has 0 bridgehead atoms. The first-order valence-electron chi connectivity index (χ1n) is 24.9. The van der Waals surface area contributed by atoms with Crippen molar-refractivity contribution in [3.05, 3.63) is 112 Å². The largest absolute Gasteiger partial charge is 0.384 e. The molecule has 11 rings (SSSR count). The van der Waals surface area contributed by atoms with E-state index in [2.05, 4.69) is 97.0 Å². The molecule has 4 aliphatic heterocycles. The second-order valence-corrected chi connectivity index (χ2v) is 20.2. The number of nitrogens with one attached hydrogen (secondary N) is 1. The molecule has 15 nitrogen and oxygen atoms in total. The summed E-state index contributed by atoms with van der Waals surface area (Å²) < 4.78 is 5.73. The topological polar surface area (TPSA) is 160 Å². The van der Waals surface area contributed by atoms with Gasteiger partial charge in [-0.3, -0.25) is 38.6 Å². The van der Waals surface area contributed by atoms with E-state index >= 15 is 0 Å². The number of aryl methyl sites for hydroxylation is 1. The number of nitrogens with two attached hydrogens (primary N) is 1. The van der Waals surface area contributed by atoms with Gasteiger partial charge in [-0.2, -0.15) is 0 Å². The number of aromatic nitrogens is 5. The van der Waals surface area contributed by atoms with Crippen LogP contribution in [-0.2, 0) is 23.2 Å². The number of imidazole rings is 1. The van der Waals surface area contributed by atoms with Gasteiger partial charge in [0.25, 0.3) is 5.91 Å². The summed E-state index contributed by atoms with van der Waals surface area (Å²) in [6.45, 7) is 11.8. The number of hydrogen-bond donors (Lipinski definition) is 2. The number of benzene rings is 2. The maximum Gasteiger partial charge on any atom is 0.330 e. The maximum atomic E-state index is 13.7. The van der Waals surface area contributed by atoms with E-state index in [1.54, 1.807) is 4.57 Å². The van der Waals surface area contributed by atoms with Crippen LogP contribution in [-0.4, -0.2) is 120 Å². The summed E-state index contributed by atoms with van der Waals surface area (Å²) in [5.74, 6) is 1.04. The van der Waals surface area contributed by atoms with Crippen molar-refractivity contribution < 1.29 is 14.4 Å². The molecule has 0 spiro atoms. The summed E-state index contributed by atoms with van der Waals surface area (Å²) in [6.07, 6.45) is 10.4. The number of anilines is 1. The van der Waals surface area contributed by atoms with Crippen molar-refractivity contribution in [3.63, 3.8) is 0 Å². The van der Waals surface area contributed by atoms with Crippen molar-refractivity contribution >= 4 is 45.6 Å². The Hall–Kier alpha value is -6.16. The third-order valence-corrected chi connectivity index (χ3v) is 15.9. The molecular weight excluding hydrogens is 855 g/mol. The van der Waals surface area contributed by atoms with Crippen molar-refractivity contribution in [1.82, 2.24) is 48.6 Å². The van der Waals surface area contributed by atoms with E-state index in [9.17, 15) is 19.2 Å². The molecule has 3 N–H and O–H groups in total. The minimum atomic E-state index is -0.666. The van der Waals surface area contributed by atoms with Crippen molar-refractivity contribution in [2.75, 3.05) is 64.6 Å². The molecule has 15 heteroatoms. The lowest BCUT2D eigenvalue weighted by Gasteiger charge is -2.39. The first-order chi connectivity index (χ1) is 33.1. The quantitative estimate of drug-likeness (QED) is 0.142. The predicted molar refractivity (Wildman–Crippen MR) is 263 cm³/mol. The lowest BCUT2D eigenvalue weighted by molar-refractivity contribution is -0.135. The number of piperidine rings is 3. The molecule has 1 saturated carbocycles. The number of nitrogen functional groups attached to an aromatic ring is 1. The van der Waals surface area contributed by atoms with Crippen molar-refractivity contribution in [2.45, 2.75) is 88.9 Å². The Kier molecular flexibility index (Phi) is 12.0. The second kappa shape index (κ2) is 18.4. The Morgan fingerprint density at radius 3 is 2.24 bits per heavy atom. The van der Waals surface area contributed by atoms with Gasteiger partial charge in [-0.05, 0) is 142 Å². The minimum Gasteiger partial charge on any atom is -0.384 e. The highest BCUT2D eigenvalue weighted by Crippen LogP contribution is 2.39. The molecule has 1 unspecified atom stereocenters. The average Bonchev–Trinajstić information content (AvgIpc) is 4.08. The number of fused-ring (bicyclic) bond motifs is 2. The van der Waals surface area contributed by atoms with Crippen LogP contribution in [0.1, 0.15) is 110 Å².